The van der Waals surface area contributed by atoms with Gasteiger partial charge in [0.15, 0.2) is 0 Å². The lowest BCUT2D eigenvalue weighted by Crippen LogP contribution is -2.24. The van der Waals surface area contributed by atoms with Crippen molar-refractivity contribution in [2.24, 2.45) is 0 Å². The molecular formula is C11H22NO3P. The average molecular weight is 247 g/mol. The van der Waals surface area contributed by atoms with Crippen molar-refractivity contribution in [3.8, 4) is 0 Å². The predicted molar refractivity (Wildman–Crippen MR) is 65.4 cm³/mol. The van der Waals surface area contributed by atoms with E-state index in [1.165, 1.54) is 19.3 Å². The van der Waals surface area contributed by atoms with Crippen LogP contribution < -0.4 is 0 Å². The maximum Gasteiger partial charge on any atom is 0.355 e. The summed E-state index contributed by atoms with van der Waals surface area (Å²) < 4.78 is 22.5. The standard InChI is InChI=1S/C11H22NO3P/c1-3-14-16(13,15-4-2)11-10-12-8-6-5-7-9-12/h10-11H,3-9H2,1-2H3/b11-10+. The van der Waals surface area contributed by atoms with Gasteiger partial charge in [0, 0.05) is 25.1 Å². The third kappa shape index (κ3) is 4.69. The Bertz CT molecular complexity index is 252. The van der Waals surface area contributed by atoms with Gasteiger partial charge in [-0.3, -0.25) is 4.57 Å². The van der Waals surface area contributed by atoms with E-state index in [9.17, 15) is 4.57 Å². The van der Waals surface area contributed by atoms with E-state index in [2.05, 4.69) is 4.90 Å². The minimum Gasteiger partial charge on any atom is -0.377 e. The van der Waals surface area contributed by atoms with Crippen LogP contribution in [0.15, 0.2) is 12.0 Å². The summed E-state index contributed by atoms with van der Waals surface area (Å²) in [6.45, 7) is 6.52. The lowest BCUT2D eigenvalue weighted by atomic mass is 10.1. The molecule has 0 saturated carbocycles. The van der Waals surface area contributed by atoms with Gasteiger partial charge < -0.3 is 13.9 Å². The Morgan fingerprint density at radius 2 is 1.69 bits per heavy atom. The minimum absolute atomic E-state index is 0.404. The Balaban J connectivity index is 2.52. The van der Waals surface area contributed by atoms with Gasteiger partial charge >= 0.3 is 7.60 Å². The van der Waals surface area contributed by atoms with Gasteiger partial charge in [-0.05, 0) is 33.1 Å². The highest BCUT2D eigenvalue weighted by Gasteiger charge is 2.19. The molecule has 0 atom stereocenters. The van der Waals surface area contributed by atoms with E-state index in [-0.39, 0.29) is 0 Å². The average Bonchev–Trinajstić information content (AvgIpc) is 2.29. The second-order valence-electron chi connectivity index (χ2n) is 3.77. The Kier molecular flexibility index (Phi) is 6.10. The van der Waals surface area contributed by atoms with Crippen LogP contribution in [-0.4, -0.2) is 31.2 Å². The molecule has 0 N–H and O–H groups in total. The highest BCUT2D eigenvalue weighted by molar-refractivity contribution is 7.57. The van der Waals surface area contributed by atoms with E-state index in [1.54, 1.807) is 5.82 Å². The first-order chi connectivity index (χ1) is 7.70. The number of rotatable bonds is 6. The van der Waals surface area contributed by atoms with Gasteiger partial charge in [-0.2, -0.15) is 0 Å². The molecule has 16 heavy (non-hydrogen) atoms. The fourth-order valence-corrected chi connectivity index (χ4v) is 3.04. The molecule has 1 saturated heterocycles. The van der Waals surface area contributed by atoms with E-state index in [1.807, 2.05) is 20.0 Å². The van der Waals surface area contributed by atoms with Crippen LogP contribution in [0.2, 0.25) is 0 Å². The first-order valence-corrected chi connectivity index (χ1v) is 7.63. The molecule has 0 amide bonds. The first-order valence-electron chi connectivity index (χ1n) is 6.02. The Morgan fingerprint density at radius 1 is 1.12 bits per heavy atom. The maximum absolute atomic E-state index is 12.1. The molecule has 1 aliphatic heterocycles. The molecule has 1 aliphatic rings. The molecule has 0 radical (unpaired) electrons. The number of hydrogen-bond acceptors (Lipinski definition) is 4. The predicted octanol–water partition coefficient (Wildman–Crippen LogP) is 3.21. The van der Waals surface area contributed by atoms with Crippen molar-refractivity contribution >= 4 is 7.60 Å². The second kappa shape index (κ2) is 7.10. The molecule has 0 aromatic carbocycles. The van der Waals surface area contributed by atoms with Crippen molar-refractivity contribution in [3.63, 3.8) is 0 Å². The number of nitrogens with zero attached hydrogens (tertiary/aromatic N) is 1. The molecule has 94 valence electrons. The molecule has 0 aromatic heterocycles. The lowest BCUT2D eigenvalue weighted by molar-refractivity contribution is 0.228. The van der Waals surface area contributed by atoms with Crippen LogP contribution in [0.5, 0.6) is 0 Å². The quantitative estimate of drug-likeness (QED) is 0.675. The summed E-state index contributed by atoms with van der Waals surface area (Å²) in [5.41, 5.74) is 0. The fraction of sp³-hybridized carbons (Fsp3) is 0.818. The zero-order chi connectivity index (χ0) is 11.9. The molecule has 1 rings (SSSR count). The molecule has 4 nitrogen and oxygen atoms in total. The summed E-state index contributed by atoms with van der Waals surface area (Å²) in [5, 5.41) is 0. The summed E-state index contributed by atoms with van der Waals surface area (Å²) in [4.78, 5) is 2.17. The highest BCUT2D eigenvalue weighted by atomic mass is 31.2. The third-order valence-electron chi connectivity index (χ3n) is 2.47. The van der Waals surface area contributed by atoms with Gasteiger partial charge in [-0.15, -0.1) is 0 Å². The summed E-state index contributed by atoms with van der Waals surface area (Å²) in [7, 11) is -3.01. The van der Waals surface area contributed by atoms with Crippen LogP contribution in [-0.2, 0) is 13.6 Å². The minimum atomic E-state index is -3.01. The van der Waals surface area contributed by atoms with Gasteiger partial charge in [0.2, 0.25) is 0 Å². The molecule has 0 aliphatic carbocycles. The SMILES string of the molecule is CCOP(=O)(/C=C/N1CCCCC1)OCC. The first kappa shape index (κ1) is 13.8. The molecule has 1 fully saturated rings. The number of likely N-dealkylation sites (tertiary alicyclic amines) is 1. The van der Waals surface area contributed by atoms with Crippen LogP contribution >= 0.6 is 7.60 Å². The van der Waals surface area contributed by atoms with Crippen molar-refractivity contribution in [1.82, 2.24) is 4.90 Å². The van der Waals surface area contributed by atoms with Crippen LogP contribution in [0.1, 0.15) is 33.1 Å². The van der Waals surface area contributed by atoms with E-state index in [0.717, 1.165) is 13.1 Å². The normalized spacial score (nSPS) is 18.2. The summed E-state index contributed by atoms with van der Waals surface area (Å²) in [5.74, 6) is 1.59. The van der Waals surface area contributed by atoms with Crippen molar-refractivity contribution in [2.45, 2.75) is 33.1 Å². The van der Waals surface area contributed by atoms with Crippen LogP contribution in [0.25, 0.3) is 0 Å². The Labute approximate surface area is 98.1 Å². The van der Waals surface area contributed by atoms with E-state index in [4.69, 9.17) is 9.05 Å². The largest absolute Gasteiger partial charge is 0.377 e. The number of piperidine rings is 1. The smallest absolute Gasteiger partial charge is 0.355 e. The zero-order valence-corrected chi connectivity index (χ0v) is 11.1. The van der Waals surface area contributed by atoms with Crippen LogP contribution in [0.4, 0.5) is 0 Å². The molecule has 0 spiro atoms. The molecular weight excluding hydrogens is 225 g/mol. The topological polar surface area (TPSA) is 38.8 Å². The lowest BCUT2D eigenvalue weighted by Gasteiger charge is -2.25. The molecule has 5 heteroatoms. The van der Waals surface area contributed by atoms with Crippen molar-refractivity contribution in [3.05, 3.63) is 12.0 Å². The van der Waals surface area contributed by atoms with Crippen molar-refractivity contribution in [2.75, 3.05) is 26.3 Å². The van der Waals surface area contributed by atoms with Gasteiger partial charge in [-0.25, -0.2) is 0 Å². The van der Waals surface area contributed by atoms with Crippen molar-refractivity contribution < 1.29 is 13.6 Å². The van der Waals surface area contributed by atoms with E-state index >= 15 is 0 Å². The van der Waals surface area contributed by atoms with Gasteiger partial charge in [-0.1, -0.05) is 0 Å². The molecule has 0 unspecified atom stereocenters. The van der Waals surface area contributed by atoms with Crippen LogP contribution in [0, 0.1) is 0 Å². The summed E-state index contributed by atoms with van der Waals surface area (Å²) in [6.07, 6.45) is 5.57. The number of hydrogen-bond donors (Lipinski definition) is 0. The fourth-order valence-electron chi connectivity index (χ4n) is 1.73. The second-order valence-corrected chi connectivity index (χ2v) is 5.66. The molecule has 0 aromatic rings. The zero-order valence-electron chi connectivity index (χ0n) is 10.2. The Morgan fingerprint density at radius 3 is 2.19 bits per heavy atom. The maximum atomic E-state index is 12.1. The van der Waals surface area contributed by atoms with Gasteiger partial charge in [0.05, 0.1) is 13.2 Å². The molecule has 1 heterocycles. The van der Waals surface area contributed by atoms with E-state index < -0.39 is 7.60 Å². The Hall–Kier alpha value is -0.310. The van der Waals surface area contributed by atoms with Crippen molar-refractivity contribution in [1.29, 1.82) is 0 Å². The monoisotopic (exact) mass is 247 g/mol. The summed E-state index contributed by atoms with van der Waals surface area (Å²) in [6, 6.07) is 0. The van der Waals surface area contributed by atoms with Crippen LogP contribution in [0.3, 0.4) is 0 Å². The summed E-state index contributed by atoms with van der Waals surface area (Å²) >= 11 is 0. The van der Waals surface area contributed by atoms with Gasteiger partial charge in [0.1, 0.15) is 0 Å². The van der Waals surface area contributed by atoms with E-state index in [0.29, 0.717) is 13.2 Å². The molecule has 0 bridgehead atoms. The highest BCUT2D eigenvalue weighted by Crippen LogP contribution is 2.49. The van der Waals surface area contributed by atoms with Gasteiger partial charge in [0.25, 0.3) is 0 Å². The third-order valence-corrected chi connectivity index (χ3v) is 4.20.